The number of halogens is 2. The number of hydrogen-bond acceptors (Lipinski definition) is 1. The summed E-state index contributed by atoms with van der Waals surface area (Å²) in [5.41, 5.74) is 1.52. The van der Waals surface area contributed by atoms with E-state index in [0.29, 0.717) is 5.69 Å². The monoisotopic (exact) mass is 345 g/mol. The van der Waals surface area contributed by atoms with Crippen LogP contribution in [0.3, 0.4) is 0 Å². The molecular formula is C16H10AsClFN. The topological polar surface area (TPSA) is 12.0 Å². The normalized spacial score (nSPS) is 16.4. The average Bonchev–Trinajstić information content (AvgIpc) is 2.48. The van der Waals surface area contributed by atoms with E-state index in [1.165, 1.54) is 6.07 Å². The SMILES string of the molecule is Fc1cccc2c1Nc1c(ccc3ccccc13)[As]2Cl. The van der Waals surface area contributed by atoms with Gasteiger partial charge in [-0.25, -0.2) is 0 Å². The molecule has 1 unspecified atom stereocenters. The van der Waals surface area contributed by atoms with Crippen LogP contribution in [0, 0.1) is 5.82 Å². The number of fused-ring (bicyclic) bond motifs is 4. The molecule has 98 valence electrons. The van der Waals surface area contributed by atoms with Crippen LogP contribution in [0.5, 0.6) is 0 Å². The second kappa shape index (κ2) is 4.51. The summed E-state index contributed by atoms with van der Waals surface area (Å²) in [5, 5.41) is 5.49. The van der Waals surface area contributed by atoms with Crippen LogP contribution in [0.25, 0.3) is 10.8 Å². The summed E-state index contributed by atoms with van der Waals surface area (Å²) < 4.78 is 16.1. The van der Waals surface area contributed by atoms with Gasteiger partial charge in [0.25, 0.3) is 0 Å². The molecule has 4 heteroatoms. The van der Waals surface area contributed by atoms with Crippen molar-refractivity contribution in [3.8, 4) is 0 Å². The second-order valence-electron chi connectivity index (χ2n) is 4.72. The predicted molar refractivity (Wildman–Crippen MR) is 84.5 cm³/mol. The van der Waals surface area contributed by atoms with Gasteiger partial charge in [-0.05, 0) is 0 Å². The Hall–Kier alpha value is -1.50. The Morgan fingerprint density at radius 1 is 0.850 bits per heavy atom. The molecule has 0 amide bonds. The van der Waals surface area contributed by atoms with Crippen molar-refractivity contribution in [3.63, 3.8) is 0 Å². The van der Waals surface area contributed by atoms with E-state index in [0.717, 1.165) is 25.2 Å². The minimum absolute atomic E-state index is 0.235. The van der Waals surface area contributed by atoms with Gasteiger partial charge in [0.05, 0.1) is 0 Å². The van der Waals surface area contributed by atoms with E-state index < -0.39 is 13.7 Å². The molecule has 20 heavy (non-hydrogen) atoms. The number of rotatable bonds is 0. The molecule has 1 N–H and O–H groups in total. The van der Waals surface area contributed by atoms with E-state index in [4.69, 9.17) is 9.95 Å². The van der Waals surface area contributed by atoms with Gasteiger partial charge in [-0.1, -0.05) is 0 Å². The Balaban J connectivity index is 2.03. The third kappa shape index (κ3) is 1.68. The Morgan fingerprint density at radius 2 is 1.65 bits per heavy atom. The predicted octanol–water partition coefficient (Wildman–Crippen LogP) is 3.38. The Morgan fingerprint density at radius 3 is 2.55 bits per heavy atom. The van der Waals surface area contributed by atoms with Crippen LogP contribution in [0.2, 0.25) is 0 Å². The first-order valence-electron chi connectivity index (χ1n) is 6.29. The third-order valence-electron chi connectivity index (χ3n) is 3.57. The van der Waals surface area contributed by atoms with E-state index in [-0.39, 0.29) is 5.82 Å². The quantitative estimate of drug-likeness (QED) is 0.616. The fourth-order valence-electron chi connectivity index (χ4n) is 2.61. The van der Waals surface area contributed by atoms with Crippen LogP contribution in [-0.2, 0) is 0 Å². The first-order valence-corrected chi connectivity index (χ1v) is 10.6. The Kier molecular flexibility index (Phi) is 2.76. The molecular weight excluding hydrogens is 336 g/mol. The molecule has 0 saturated carbocycles. The number of para-hydroxylation sites is 1. The molecule has 1 aliphatic rings. The zero-order chi connectivity index (χ0) is 13.7. The summed E-state index contributed by atoms with van der Waals surface area (Å²) in [6, 6.07) is 17.4. The summed E-state index contributed by atoms with van der Waals surface area (Å²) in [5.74, 6) is -0.235. The molecule has 3 aromatic rings. The van der Waals surface area contributed by atoms with E-state index in [1.54, 1.807) is 6.07 Å². The minimum atomic E-state index is -1.93. The molecule has 0 saturated heterocycles. The molecule has 0 fully saturated rings. The van der Waals surface area contributed by atoms with Crippen LogP contribution < -0.4 is 14.0 Å². The maximum atomic E-state index is 14.0. The zero-order valence-electron chi connectivity index (χ0n) is 10.4. The number of anilines is 2. The van der Waals surface area contributed by atoms with Gasteiger partial charge in [-0.15, -0.1) is 0 Å². The first kappa shape index (κ1) is 12.3. The third-order valence-corrected chi connectivity index (χ3v) is 8.80. The fourth-order valence-corrected chi connectivity index (χ4v) is 7.04. The van der Waals surface area contributed by atoms with E-state index >= 15 is 0 Å². The Bertz CT molecular complexity index is 834. The van der Waals surface area contributed by atoms with Crippen LogP contribution in [0.15, 0.2) is 54.6 Å². The molecule has 0 spiro atoms. The molecule has 1 nitrogen and oxygen atoms in total. The van der Waals surface area contributed by atoms with Gasteiger partial charge in [0, 0.05) is 0 Å². The first-order chi connectivity index (χ1) is 9.75. The van der Waals surface area contributed by atoms with Crippen LogP contribution in [-0.4, -0.2) is 13.7 Å². The zero-order valence-corrected chi connectivity index (χ0v) is 13.0. The van der Waals surface area contributed by atoms with E-state index in [9.17, 15) is 4.39 Å². The second-order valence-corrected chi connectivity index (χ2v) is 9.68. The summed E-state index contributed by atoms with van der Waals surface area (Å²) in [7, 11) is 6.69. The molecule has 1 aliphatic heterocycles. The molecule has 0 bridgehead atoms. The van der Waals surface area contributed by atoms with Crippen molar-refractivity contribution in [1.29, 1.82) is 0 Å². The molecule has 0 radical (unpaired) electrons. The van der Waals surface area contributed by atoms with E-state index in [1.807, 2.05) is 24.3 Å². The number of nitrogens with one attached hydrogen (secondary N) is 1. The van der Waals surface area contributed by atoms with Gasteiger partial charge in [0.1, 0.15) is 0 Å². The van der Waals surface area contributed by atoms with Gasteiger partial charge in [-0.3, -0.25) is 0 Å². The van der Waals surface area contributed by atoms with Crippen molar-refractivity contribution in [2.24, 2.45) is 0 Å². The van der Waals surface area contributed by atoms with Crippen molar-refractivity contribution >= 4 is 54.5 Å². The summed E-state index contributed by atoms with van der Waals surface area (Å²) in [6.45, 7) is 0. The van der Waals surface area contributed by atoms with Crippen molar-refractivity contribution in [3.05, 3.63) is 60.4 Å². The van der Waals surface area contributed by atoms with Crippen LogP contribution >= 0.6 is 9.95 Å². The van der Waals surface area contributed by atoms with Crippen molar-refractivity contribution < 1.29 is 4.39 Å². The van der Waals surface area contributed by atoms with Gasteiger partial charge >= 0.3 is 125 Å². The van der Waals surface area contributed by atoms with Gasteiger partial charge in [0.2, 0.25) is 0 Å². The average molecular weight is 346 g/mol. The molecule has 1 heterocycles. The molecule has 4 rings (SSSR count). The van der Waals surface area contributed by atoms with Crippen molar-refractivity contribution in [2.45, 2.75) is 0 Å². The van der Waals surface area contributed by atoms with Crippen molar-refractivity contribution in [1.82, 2.24) is 0 Å². The summed E-state index contributed by atoms with van der Waals surface area (Å²) in [4.78, 5) is 0. The summed E-state index contributed by atoms with van der Waals surface area (Å²) >= 11 is -1.93. The standard InChI is InChI=1S/C16H10AsClFN/c18-17-12-6-3-7-14(19)16(12)20-15-11-5-2-1-4-10(11)8-9-13(15)17/h1-9,20H. The maximum absolute atomic E-state index is 14.0. The Labute approximate surface area is 124 Å². The molecule has 0 aliphatic carbocycles. The van der Waals surface area contributed by atoms with Crippen LogP contribution in [0.4, 0.5) is 15.8 Å². The number of benzene rings is 3. The number of hydrogen-bond donors (Lipinski definition) is 1. The van der Waals surface area contributed by atoms with Crippen LogP contribution in [0.1, 0.15) is 0 Å². The van der Waals surface area contributed by atoms with E-state index in [2.05, 4.69) is 23.5 Å². The van der Waals surface area contributed by atoms with Gasteiger partial charge in [0.15, 0.2) is 0 Å². The summed E-state index contributed by atoms with van der Waals surface area (Å²) in [6.07, 6.45) is 0. The fraction of sp³-hybridized carbons (Fsp3) is 0. The molecule has 3 aromatic carbocycles. The van der Waals surface area contributed by atoms with Gasteiger partial charge in [-0.2, -0.15) is 0 Å². The van der Waals surface area contributed by atoms with Crippen molar-refractivity contribution in [2.75, 3.05) is 5.32 Å². The van der Waals surface area contributed by atoms with Gasteiger partial charge < -0.3 is 0 Å². The molecule has 1 atom stereocenters. The molecule has 0 aromatic heterocycles.